The maximum absolute atomic E-state index is 10.1. The van der Waals surface area contributed by atoms with Crippen LogP contribution in [0.4, 0.5) is 0 Å². The lowest BCUT2D eigenvalue weighted by Gasteiger charge is -1.93. The maximum Gasteiger partial charge on any atom is 0.0937 e. The Bertz CT molecular complexity index is 232. The van der Waals surface area contributed by atoms with Gasteiger partial charge < -0.3 is 9.90 Å². The van der Waals surface area contributed by atoms with E-state index in [-0.39, 0.29) is 4.88 Å². The molecule has 0 bridgehead atoms. The minimum Gasteiger partial charge on any atom is -0.544 e. The Kier molecular flexibility index (Phi) is 1.44. The minimum absolute atomic E-state index is 0.106. The van der Waals surface area contributed by atoms with Crippen molar-refractivity contribution in [2.24, 2.45) is 0 Å². The number of aromatic nitrogens is 2. The highest BCUT2D eigenvalue weighted by molar-refractivity contribution is 7.07. The second-order valence-electron chi connectivity index (χ2n) is 1.47. The van der Waals surface area contributed by atoms with E-state index in [0.717, 1.165) is 11.5 Å². The molecule has 0 N–H and O–H groups in total. The highest BCUT2D eigenvalue weighted by Crippen LogP contribution is 2.05. The number of hydrogen-bond donors (Lipinski definition) is 0. The fourth-order valence-electron chi connectivity index (χ4n) is 0.419. The normalized spacial score (nSPS) is 9.44. The monoisotopic (exact) mass is 143 g/mol. The maximum atomic E-state index is 10.1. The van der Waals surface area contributed by atoms with E-state index in [1.807, 2.05) is 0 Å². The van der Waals surface area contributed by atoms with Gasteiger partial charge in [0.25, 0.3) is 0 Å². The van der Waals surface area contributed by atoms with Crippen LogP contribution in [0.15, 0.2) is 0 Å². The van der Waals surface area contributed by atoms with Gasteiger partial charge in [-0.1, -0.05) is 4.49 Å². The molecule has 1 aromatic rings. The highest BCUT2D eigenvalue weighted by atomic mass is 32.1. The molecule has 9 heavy (non-hydrogen) atoms. The molecule has 0 atom stereocenters. The first-order valence-electron chi connectivity index (χ1n) is 2.22. The molecule has 0 aliphatic carbocycles. The molecule has 5 heteroatoms. The minimum atomic E-state index is -1.21. The van der Waals surface area contributed by atoms with Crippen LogP contribution in [0.1, 0.15) is 15.4 Å². The van der Waals surface area contributed by atoms with Crippen LogP contribution in [0.2, 0.25) is 0 Å². The molecule has 1 aromatic heterocycles. The van der Waals surface area contributed by atoms with Gasteiger partial charge in [-0.2, -0.15) is 0 Å². The Balaban J connectivity index is 3.08. The number of hydrogen-bond acceptors (Lipinski definition) is 5. The summed E-state index contributed by atoms with van der Waals surface area (Å²) in [6.45, 7) is 1.58. The van der Waals surface area contributed by atoms with Crippen LogP contribution < -0.4 is 5.11 Å². The molecule has 48 valence electrons. The van der Waals surface area contributed by atoms with Gasteiger partial charge >= 0.3 is 0 Å². The van der Waals surface area contributed by atoms with Crippen LogP contribution in [0.5, 0.6) is 0 Å². The molecule has 0 radical (unpaired) electrons. The zero-order valence-corrected chi connectivity index (χ0v) is 5.44. The van der Waals surface area contributed by atoms with Crippen molar-refractivity contribution in [3.8, 4) is 0 Å². The molecular weight excluding hydrogens is 140 g/mol. The fourth-order valence-corrected chi connectivity index (χ4v) is 0.911. The average Bonchev–Trinajstić information content (AvgIpc) is 2.13. The van der Waals surface area contributed by atoms with Gasteiger partial charge in [0.1, 0.15) is 0 Å². The number of aryl methyl sites for hydroxylation is 1. The van der Waals surface area contributed by atoms with Gasteiger partial charge in [-0.3, -0.25) is 0 Å². The fraction of sp³-hybridized carbons (Fsp3) is 0.250. The Labute approximate surface area is 55.3 Å². The first-order valence-corrected chi connectivity index (χ1v) is 2.99. The molecule has 0 fully saturated rings. The molecule has 0 spiro atoms. The second-order valence-corrected chi connectivity index (χ2v) is 2.23. The number of aromatic carboxylic acids is 1. The number of carboxylic acid groups (broad SMARTS) is 1. The van der Waals surface area contributed by atoms with E-state index in [9.17, 15) is 9.90 Å². The molecule has 0 unspecified atom stereocenters. The quantitative estimate of drug-likeness (QED) is 0.516. The lowest BCUT2D eigenvalue weighted by atomic mass is 10.4. The molecule has 1 rings (SSSR count). The molecule has 0 saturated carbocycles. The molecule has 0 saturated heterocycles. The van der Waals surface area contributed by atoms with Crippen molar-refractivity contribution in [3.63, 3.8) is 0 Å². The summed E-state index contributed by atoms with van der Waals surface area (Å²) in [5.41, 5.74) is 0.417. The Morgan fingerprint density at radius 2 is 2.44 bits per heavy atom. The predicted molar refractivity (Wildman–Crippen MR) is 29.0 cm³/mol. The molecule has 1 heterocycles. The highest BCUT2D eigenvalue weighted by Gasteiger charge is 2.01. The number of carboxylic acids is 1. The Hall–Kier alpha value is -0.970. The number of carbonyl (C=O) groups excluding carboxylic acids is 1. The van der Waals surface area contributed by atoms with Crippen LogP contribution in [-0.4, -0.2) is 15.6 Å². The van der Waals surface area contributed by atoms with E-state index in [1.165, 1.54) is 0 Å². The van der Waals surface area contributed by atoms with E-state index in [4.69, 9.17) is 0 Å². The van der Waals surface area contributed by atoms with Gasteiger partial charge in [0.05, 0.1) is 16.5 Å². The molecule has 0 amide bonds. The number of carbonyl (C=O) groups is 1. The lowest BCUT2D eigenvalue weighted by molar-refractivity contribution is -0.254. The third-order valence-corrected chi connectivity index (χ3v) is 1.64. The third kappa shape index (κ3) is 1.05. The van der Waals surface area contributed by atoms with Crippen molar-refractivity contribution >= 4 is 17.5 Å². The molecule has 0 aliphatic rings. The van der Waals surface area contributed by atoms with Crippen molar-refractivity contribution in [3.05, 3.63) is 10.6 Å². The zero-order valence-electron chi connectivity index (χ0n) is 4.62. The topological polar surface area (TPSA) is 65.9 Å². The van der Waals surface area contributed by atoms with Crippen LogP contribution in [0, 0.1) is 6.92 Å². The average molecular weight is 143 g/mol. The van der Waals surface area contributed by atoms with E-state index < -0.39 is 5.97 Å². The molecule has 4 nitrogen and oxygen atoms in total. The smallest absolute Gasteiger partial charge is 0.0937 e. The van der Waals surface area contributed by atoms with E-state index in [1.54, 1.807) is 6.92 Å². The summed E-state index contributed by atoms with van der Waals surface area (Å²) in [5.74, 6) is -1.21. The number of nitrogens with zero attached hydrogens (tertiary/aromatic N) is 2. The first kappa shape index (κ1) is 6.15. The van der Waals surface area contributed by atoms with E-state index >= 15 is 0 Å². The molecular formula is C4H3N2O2S-. The van der Waals surface area contributed by atoms with Gasteiger partial charge in [-0.15, -0.1) is 5.10 Å². The van der Waals surface area contributed by atoms with Gasteiger partial charge in [-0.05, 0) is 18.5 Å². The van der Waals surface area contributed by atoms with Gasteiger partial charge in [0.15, 0.2) is 0 Å². The van der Waals surface area contributed by atoms with Crippen molar-refractivity contribution in [2.75, 3.05) is 0 Å². The summed E-state index contributed by atoms with van der Waals surface area (Å²) in [7, 11) is 0. The van der Waals surface area contributed by atoms with Gasteiger partial charge in [0.2, 0.25) is 0 Å². The summed E-state index contributed by atoms with van der Waals surface area (Å²) in [4.78, 5) is 10.2. The Morgan fingerprint density at radius 1 is 1.78 bits per heavy atom. The van der Waals surface area contributed by atoms with Crippen molar-refractivity contribution in [1.82, 2.24) is 9.59 Å². The molecule has 0 aromatic carbocycles. The van der Waals surface area contributed by atoms with E-state index in [0.29, 0.717) is 5.69 Å². The van der Waals surface area contributed by atoms with Crippen LogP contribution >= 0.6 is 11.5 Å². The van der Waals surface area contributed by atoms with Crippen LogP contribution in [0.3, 0.4) is 0 Å². The summed E-state index contributed by atoms with van der Waals surface area (Å²) in [6, 6.07) is 0. The zero-order chi connectivity index (χ0) is 6.85. The third-order valence-electron chi connectivity index (χ3n) is 0.837. The largest absolute Gasteiger partial charge is 0.544 e. The van der Waals surface area contributed by atoms with Crippen molar-refractivity contribution in [2.45, 2.75) is 6.92 Å². The SMILES string of the molecule is Cc1nnsc1C(=O)[O-]. The summed E-state index contributed by atoms with van der Waals surface area (Å²) in [5, 5.41) is 13.6. The van der Waals surface area contributed by atoms with Gasteiger partial charge in [0, 0.05) is 0 Å². The van der Waals surface area contributed by atoms with Crippen molar-refractivity contribution < 1.29 is 9.90 Å². The van der Waals surface area contributed by atoms with Crippen LogP contribution in [0.25, 0.3) is 0 Å². The summed E-state index contributed by atoms with van der Waals surface area (Å²) in [6.07, 6.45) is 0. The van der Waals surface area contributed by atoms with E-state index in [2.05, 4.69) is 9.59 Å². The standard InChI is InChI=1S/C4H4N2O2S/c1-2-3(4(7)8)9-6-5-2/h1H3,(H,7,8)/p-1. The predicted octanol–water partition coefficient (Wildman–Crippen LogP) is -0.790. The van der Waals surface area contributed by atoms with Crippen molar-refractivity contribution in [1.29, 1.82) is 0 Å². The number of rotatable bonds is 1. The van der Waals surface area contributed by atoms with Crippen LogP contribution in [-0.2, 0) is 0 Å². The summed E-state index contributed by atoms with van der Waals surface area (Å²) >= 11 is 0.834. The summed E-state index contributed by atoms with van der Waals surface area (Å²) < 4.78 is 3.41. The lowest BCUT2D eigenvalue weighted by Crippen LogP contribution is -2.21. The second kappa shape index (κ2) is 2.10. The molecule has 0 aliphatic heterocycles. The van der Waals surface area contributed by atoms with Gasteiger partial charge in [-0.25, -0.2) is 0 Å². The first-order chi connectivity index (χ1) is 4.22. The Morgan fingerprint density at radius 3 is 2.67 bits per heavy atom.